The maximum Gasteiger partial charge on any atom is 0.106 e. The van der Waals surface area contributed by atoms with Crippen molar-refractivity contribution in [1.82, 2.24) is 4.90 Å². The highest BCUT2D eigenvalue weighted by Gasteiger charge is 2.16. The first-order chi connectivity index (χ1) is 7.15. The van der Waals surface area contributed by atoms with Gasteiger partial charge in [0, 0.05) is 33.4 Å². The van der Waals surface area contributed by atoms with Crippen LogP contribution >= 0.6 is 0 Å². The van der Waals surface area contributed by atoms with Crippen LogP contribution in [0.3, 0.4) is 0 Å². The monoisotopic (exact) mass is 215 g/mol. The van der Waals surface area contributed by atoms with Gasteiger partial charge in [0.2, 0.25) is 0 Å². The predicted molar refractivity (Wildman–Crippen MR) is 58.4 cm³/mol. The molecule has 2 N–H and O–H groups in total. The number of methoxy groups -OCH3 is 2. The fourth-order valence-corrected chi connectivity index (χ4v) is 1.34. The number of ether oxygens (including phenoxy) is 2. The second-order valence-electron chi connectivity index (χ2n) is 3.53. The van der Waals surface area contributed by atoms with Crippen LogP contribution in [-0.2, 0) is 9.47 Å². The van der Waals surface area contributed by atoms with Crippen LogP contribution < -0.4 is 5.73 Å². The van der Waals surface area contributed by atoms with E-state index in [9.17, 15) is 0 Å². The lowest BCUT2D eigenvalue weighted by molar-refractivity contribution is 0.0742. The Kier molecular flexibility index (Phi) is 8.24. The minimum Gasteiger partial charge on any atom is -0.383 e. The topological polar surface area (TPSA) is 71.5 Å². The van der Waals surface area contributed by atoms with E-state index in [1.807, 2.05) is 13.0 Å². The molecule has 0 aliphatic rings. The highest BCUT2D eigenvalue weighted by molar-refractivity contribution is 4.89. The second-order valence-corrected chi connectivity index (χ2v) is 3.53. The van der Waals surface area contributed by atoms with Gasteiger partial charge in [0.15, 0.2) is 0 Å². The van der Waals surface area contributed by atoms with Crippen molar-refractivity contribution in [1.29, 1.82) is 5.26 Å². The van der Waals surface area contributed by atoms with Gasteiger partial charge in [0.25, 0.3) is 0 Å². The van der Waals surface area contributed by atoms with Crippen molar-refractivity contribution in [3.05, 3.63) is 0 Å². The lowest BCUT2D eigenvalue weighted by Gasteiger charge is -2.28. The van der Waals surface area contributed by atoms with Crippen LogP contribution in [0, 0.1) is 11.3 Å². The lowest BCUT2D eigenvalue weighted by Crippen LogP contribution is -2.45. The minimum atomic E-state index is -0.457. The average Bonchev–Trinajstić information content (AvgIpc) is 2.24. The third-order valence-electron chi connectivity index (χ3n) is 2.21. The van der Waals surface area contributed by atoms with Crippen molar-refractivity contribution < 1.29 is 9.47 Å². The molecule has 88 valence electrons. The largest absolute Gasteiger partial charge is 0.383 e. The molecule has 2 atom stereocenters. The fourth-order valence-electron chi connectivity index (χ4n) is 1.34. The van der Waals surface area contributed by atoms with Crippen molar-refractivity contribution in [2.45, 2.75) is 19.0 Å². The van der Waals surface area contributed by atoms with E-state index in [-0.39, 0.29) is 6.04 Å². The van der Waals surface area contributed by atoms with Crippen molar-refractivity contribution >= 4 is 0 Å². The first-order valence-corrected chi connectivity index (χ1v) is 5.02. The van der Waals surface area contributed by atoms with Gasteiger partial charge in [-0.05, 0) is 6.92 Å². The maximum atomic E-state index is 8.66. The Labute approximate surface area is 91.7 Å². The molecule has 0 saturated carbocycles. The molecule has 0 fully saturated rings. The van der Waals surface area contributed by atoms with Crippen LogP contribution in [0.15, 0.2) is 0 Å². The third-order valence-corrected chi connectivity index (χ3v) is 2.21. The standard InChI is InChI=1S/C10H21N3O2/c1-9(8-15-3)13(4-5-14-2)7-10(12)6-11/h9-10H,4-5,7-8,12H2,1-3H3. The molecular weight excluding hydrogens is 194 g/mol. The molecule has 0 bridgehead atoms. The van der Waals surface area contributed by atoms with E-state index in [1.54, 1.807) is 14.2 Å². The van der Waals surface area contributed by atoms with E-state index in [1.165, 1.54) is 0 Å². The summed E-state index contributed by atoms with van der Waals surface area (Å²) in [7, 11) is 3.32. The summed E-state index contributed by atoms with van der Waals surface area (Å²) in [6.07, 6.45) is 0. The highest BCUT2D eigenvalue weighted by Crippen LogP contribution is 2.00. The average molecular weight is 215 g/mol. The Bertz CT molecular complexity index is 194. The van der Waals surface area contributed by atoms with Gasteiger partial charge in [-0.25, -0.2) is 0 Å². The molecule has 0 heterocycles. The summed E-state index contributed by atoms with van der Waals surface area (Å²) in [4.78, 5) is 2.10. The van der Waals surface area contributed by atoms with Gasteiger partial charge in [-0.1, -0.05) is 0 Å². The van der Waals surface area contributed by atoms with Crippen LogP contribution in [0.2, 0.25) is 0 Å². The molecule has 0 aliphatic carbocycles. The van der Waals surface area contributed by atoms with E-state index in [0.717, 1.165) is 6.54 Å². The second kappa shape index (κ2) is 8.62. The number of nitrogens with two attached hydrogens (primary N) is 1. The number of rotatable bonds is 8. The van der Waals surface area contributed by atoms with Gasteiger partial charge in [-0.3, -0.25) is 4.90 Å². The zero-order chi connectivity index (χ0) is 11.7. The maximum absolute atomic E-state index is 8.66. The predicted octanol–water partition coefficient (Wildman–Crippen LogP) is -0.179. The molecule has 5 heteroatoms. The van der Waals surface area contributed by atoms with Crippen LogP contribution in [0.4, 0.5) is 0 Å². The Morgan fingerprint density at radius 3 is 2.53 bits per heavy atom. The summed E-state index contributed by atoms with van der Waals surface area (Å²) in [5.41, 5.74) is 5.60. The summed E-state index contributed by atoms with van der Waals surface area (Å²) < 4.78 is 10.1. The zero-order valence-corrected chi connectivity index (χ0v) is 9.77. The normalized spacial score (nSPS) is 14.9. The molecule has 2 unspecified atom stereocenters. The zero-order valence-electron chi connectivity index (χ0n) is 9.77. The summed E-state index contributed by atoms with van der Waals surface area (Å²) in [6, 6.07) is 1.81. The van der Waals surface area contributed by atoms with Gasteiger partial charge in [-0.15, -0.1) is 0 Å². The molecule has 0 aromatic carbocycles. The summed E-state index contributed by atoms with van der Waals surface area (Å²) >= 11 is 0. The van der Waals surface area contributed by atoms with Gasteiger partial charge in [0.1, 0.15) is 6.04 Å². The molecule has 0 aromatic rings. The molecule has 0 rings (SSSR count). The molecule has 0 saturated heterocycles. The Morgan fingerprint density at radius 1 is 1.40 bits per heavy atom. The van der Waals surface area contributed by atoms with Crippen LogP contribution in [-0.4, -0.2) is 57.5 Å². The highest BCUT2D eigenvalue weighted by atomic mass is 16.5. The van der Waals surface area contributed by atoms with E-state index in [4.69, 9.17) is 20.5 Å². The van der Waals surface area contributed by atoms with Gasteiger partial charge >= 0.3 is 0 Å². The minimum absolute atomic E-state index is 0.240. The quantitative estimate of drug-likeness (QED) is 0.608. The molecular formula is C10H21N3O2. The first-order valence-electron chi connectivity index (χ1n) is 5.02. The Morgan fingerprint density at radius 2 is 2.07 bits per heavy atom. The van der Waals surface area contributed by atoms with Crippen LogP contribution in [0.5, 0.6) is 0 Å². The van der Waals surface area contributed by atoms with E-state index in [0.29, 0.717) is 19.8 Å². The molecule has 0 radical (unpaired) electrons. The van der Waals surface area contributed by atoms with Gasteiger partial charge in [0.05, 0.1) is 19.3 Å². The molecule has 0 spiro atoms. The summed E-state index contributed by atoms with van der Waals surface area (Å²) in [5, 5.41) is 8.66. The van der Waals surface area contributed by atoms with Crippen molar-refractivity contribution in [3.8, 4) is 6.07 Å². The number of nitrogens with zero attached hydrogens (tertiary/aromatic N) is 2. The summed E-state index contributed by atoms with van der Waals surface area (Å²) in [5.74, 6) is 0. The van der Waals surface area contributed by atoms with E-state index < -0.39 is 6.04 Å². The number of nitriles is 1. The molecule has 5 nitrogen and oxygen atoms in total. The Hall–Kier alpha value is -0.670. The Balaban J connectivity index is 4.11. The van der Waals surface area contributed by atoms with Crippen molar-refractivity contribution in [2.75, 3.05) is 40.5 Å². The summed E-state index contributed by atoms with van der Waals surface area (Å²) in [6.45, 7) is 4.61. The third kappa shape index (κ3) is 6.42. The number of hydrogen-bond acceptors (Lipinski definition) is 5. The van der Waals surface area contributed by atoms with Gasteiger partial charge < -0.3 is 15.2 Å². The molecule has 0 aliphatic heterocycles. The number of hydrogen-bond donors (Lipinski definition) is 1. The fraction of sp³-hybridized carbons (Fsp3) is 0.900. The van der Waals surface area contributed by atoms with Crippen molar-refractivity contribution in [3.63, 3.8) is 0 Å². The molecule has 0 aromatic heterocycles. The van der Waals surface area contributed by atoms with E-state index >= 15 is 0 Å². The van der Waals surface area contributed by atoms with Crippen LogP contribution in [0.25, 0.3) is 0 Å². The van der Waals surface area contributed by atoms with E-state index in [2.05, 4.69) is 4.90 Å². The van der Waals surface area contributed by atoms with Crippen molar-refractivity contribution in [2.24, 2.45) is 5.73 Å². The van der Waals surface area contributed by atoms with Crippen LogP contribution in [0.1, 0.15) is 6.92 Å². The van der Waals surface area contributed by atoms with Gasteiger partial charge in [-0.2, -0.15) is 5.26 Å². The lowest BCUT2D eigenvalue weighted by atomic mass is 10.2. The molecule has 15 heavy (non-hydrogen) atoms. The smallest absolute Gasteiger partial charge is 0.106 e. The SMILES string of the molecule is COCCN(CC(N)C#N)C(C)COC. The molecule has 0 amide bonds. The first kappa shape index (κ1) is 14.3.